The van der Waals surface area contributed by atoms with Crippen LogP contribution in [0.4, 0.5) is 11.4 Å². The molecule has 0 saturated heterocycles. The first-order chi connectivity index (χ1) is 8.54. The molecule has 1 amide bonds. The van der Waals surface area contributed by atoms with Crippen molar-refractivity contribution in [3.8, 4) is 0 Å². The van der Waals surface area contributed by atoms with Crippen LogP contribution in [0.2, 0.25) is 5.02 Å². The number of nitro groups is 1. The van der Waals surface area contributed by atoms with Crippen LogP contribution in [-0.2, 0) is 4.79 Å². The van der Waals surface area contributed by atoms with Crippen molar-refractivity contribution in [3.63, 3.8) is 0 Å². The van der Waals surface area contributed by atoms with Crippen LogP contribution in [0.5, 0.6) is 0 Å². The Morgan fingerprint density at radius 1 is 1.39 bits per heavy atom. The molecule has 7 heteroatoms. The Bertz CT molecular complexity index is 452. The molecule has 0 fully saturated rings. The molecule has 5 nitrogen and oxygen atoms in total. The second-order valence-electron chi connectivity index (χ2n) is 3.62. The van der Waals surface area contributed by atoms with E-state index in [0.717, 1.165) is 6.42 Å². The van der Waals surface area contributed by atoms with E-state index in [9.17, 15) is 14.9 Å². The maximum Gasteiger partial charge on any atom is 0.288 e. The quantitative estimate of drug-likeness (QED) is 0.377. The standard InChI is InChI=1S/C11H12Cl2N2O3/c12-6-2-1-3-11(16)14-8-4-5-10(15(17)18)9(13)7-8/h4-5,7H,1-3,6H2,(H,14,16). The smallest absolute Gasteiger partial charge is 0.288 e. The third-order valence-electron chi connectivity index (χ3n) is 2.22. The predicted octanol–water partition coefficient (Wildman–Crippen LogP) is 3.60. The molecule has 0 saturated carbocycles. The maximum atomic E-state index is 11.5. The highest BCUT2D eigenvalue weighted by Gasteiger charge is 2.12. The molecule has 0 aliphatic heterocycles. The van der Waals surface area contributed by atoms with E-state index in [2.05, 4.69) is 5.32 Å². The molecule has 0 bridgehead atoms. The number of unbranched alkanes of at least 4 members (excludes halogenated alkanes) is 1. The fourth-order valence-corrected chi connectivity index (χ4v) is 1.77. The van der Waals surface area contributed by atoms with Gasteiger partial charge < -0.3 is 5.32 Å². The predicted molar refractivity (Wildman–Crippen MR) is 71.3 cm³/mol. The van der Waals surface area contributed by atoms with E-state index in [1.807, 2.05) is 0 Å². The minimum Gasteiger partial charge on any atom is -0.326 e. The number of anilines is 1. The van der Waals surface area contributed by atoms with Gasteiger partial charge in [-0.15, -0.1) is 11.6 Å². The van der Waals surface area contributed by atoms with Crippen molar-refractivity contribution in [1.29, 1.82) is 0 Å². The Morgan fingerprint density at radius 3 is 2.67 bits per heavy atom. The largest absolute Gasteiger partial charge is 0.326 e. The second kappa shape index (κ2) is 7.18. The topological polar surface area (TPSA) is 72.2 Å². The van der Waals surface area contributed by atoms with Crippen molar-refractivity contribution in [2.24, 2.45) is 0 Å². The number of nitrogens with zero attached hydrogens (tertiary/aromatic N) is 1. The lowest BCUT2D eigenvalue weighted by atomic mass is 10.2. The van der Waals surface area contributed by atoms with Crippen LogP contribution < -0.4 is 5.32 Å². The van der Waals surface area contributed by atoms with Crippen molar-refractivity contribution in [3.05, 3.63) is 33.3 Å². The van der Waals surface area contributed by atoms with Gasteiger partial charge in [-0.25, -0.2) is 0 Å². The highest BCUT2D eigenvalue weighted by molar-refractivity contribution is 6.33. The molecule has 0 radical (unpaired) electrons. The lowest BCUT2D eigenvalue weighted by molar-refractivity contribution is -0.384. The van der Waals surface area contributed by atoms with Gasteiger partial charge in [0.15, 0.2) is 0 Å². The van der Waals surface area contributed by atoms with Crippen LogP contribution in [0, 0.1) is 10.1 Å². The molecule has 18 heavy (non-hydrogen) atoms. The molecule has 0 unspecified atom stereocenters. The Balaban J connectivity index is 2.60. The minimum atomic E-state index is -0.575. The Kier molecular flexibility index (Phi) is 5.88. The third kappa shape index (κ3) is 4.50. The van der Waals surface area contributed by atoms with E-state index in [1.54, 1.807) is 0 Å². The summed E-state index contributed by atoms with van der Waals surface area (Å²) in [4.78, 5) is 21.5. The highest BCUT2D eigenvalue weighted by Crippen LogP contribution is 2.27. The molecule has 0 heterocycles. The van der Waals surface area contributed by atoms with Gasteiger partial charge in [0, 0.05) is 24.1 Å². The van der Waals surface area contributed by atoms with Gasteiger partial charge in [0.05, 0.1) is 4.92 Å². The first-order valence-electron chi connectivity index (χ1n) is 5.34. The van der Waals surface area contributed by atoms with Gasteiger partial charge in [0.2, 0.25) is 5.91 Å². The summed E-state index contributed by atoms with van der Waals surface area (Å²) in [7, 11) is 0. The number of hydrogen-bond acceptors (Lipinski definition) is 3. The zero-order chi connectivity index (χ0) is 13.5. The van der Waals surface area contributed by atoms with Crippen molar-refractivity contribution >= 4 is 40.5 Å². The van der Waals surface area contributed by atoms with Crippen molar-refractivity contribution < 1.29 is 9.72 Å². The Morgan fingerprint density at radius 2 is 2.11 bits per heavy atom. The number of alkyl halides is 1. The van der Waals surface area contributed by atoms with Crippen molar-refractivity contribution in [2.75, 3.05) is 11.2 Å². The van der Waals surface area contributed by atoms with E-state index in [1.165, 1.54) is 18.2 Å². The summed E-state index contributed by atoms with van der Waals surface area (Å²) in [5.41, 5.74) is 0.262. The molecule has 0 atom stereocenters. The third-order valence-corrected chi connectivity index (χ3v) is 2.79. The molecular weight excluding hydrogens is 279 g/mol. The van der Waals surface area contributed by atoms with Crippen LogP contribution in [0.3, 0.4) is 0 Å². The number of hydrogen-bond donors (Lipinski definition) is 1. The number of nitro benzene ring substituents is 1. The molecule has 0 aromatic heterocycles. The van der Waals surface area contributed by atoms with Gasteiger partial charge in [-0.1, -0.05) is 11.6 Å². The first kappa shape index (κ1) is 14.7. The van der Waals surface area contributed by atoms with Gasteiger partial charge in [-0.3, -0.25) is 14.9 Å². The minimum absolute atomic E-state index is 0.00134. The summed E-state index contributed by atoms with van der Waals surface area (Å²) < 4.78 is 0. The van der Waals surface area contributed by atoms with Crippen LogP contribution in [0.1, 0.15) is 19.3 Å². The summed E-state index contributed by atoms with van der Waals surface area (Å²) in [6, 6.07) is 4.07. The fraction of sp³-hybridized carbons (Fsp3) is 0.364. The summed E-state index contributed by atoms with van der Waals surface area (Å²) in [5.74, 6) is 0.362. The zero-order valence-electron chi connectivity index (χ0n) is 9.49. The summed E-state index contributed by atoms with van der Waals surface area (Å²) >= 11 is 11.2. The number of carbonyl (C=O) groups is 1. The van der Waals surface area contributed by atoms with E-state index >= 15 is 0 Å². The number of nitrogens with one attached hydrogen (secondary N) is 1. The van der Waals surface area contributed by atoms with E-state index in [4.69, 9.17) is 23.2 Å². The molecule has 98 valence electrons. The Labute approximate surface area is 114 Å². The molecule has 1 N–H and O–H groups in total. The van der Waals surface area contributed by atoms with Crippen LogP contribution in [0.25, 0.3) is 0 Å². The molecule has 0 aliphatic carbocycles. The van der Waals surface area contributed by atoms with Gasteiger partial charge in [0.1, 0.15) is 5.02 Å². The van der Waals surface area contributed by atoms with E-state index in [-0.39, 0.29) is 16.6 Å². The summed E-state index contributed by atoms with van der Waals surface area (Å²) in [5, 5.41) is 13.2. The Hall–Kier alpha value is -1.33. The molecule has 1 aromatic rings. The normalized spacial score (nSPS) is 10.1. The lowest BCUT2D eigenvalue weighted by Crippen LogP contribution is -2.11. The van der Waals surface area contributed by atoms with E-state index < -0.39 is 4.92 Å². The SMILES string of the molecule is O=C(CCCCCl)Nc1ccc([N+](=O)[O-])c(Cl)c1. The van der Waals surface area contributed by atoms with Gasteiger partial charge in [-0.2, -0.15) is 0 Å². The molecule has 0 spiro atoms. The van der Waals surface area contributed by atoms with E-state index in [0.29, 0.717) is 24.4 Å². The van der Waals surface area contributed by atoms with Crippen LogP contribution in [-0.4, -0.2) is 16.7 Å². The number of carbonyl (C=O) groups excluding carboxylic acids is 1. The summed E-state index contributed by atoms with van der Waals surface area (Å²) in [6.07, 6.45) is 1.84. The van der Waals surface area contributed by atoms with Crippen LogP contribution in [0.15, 0.2) is 18.2 Å². The number of halogens is 2. The maximum absolute atomic E-state index is 11.5. The first-order valence-corrected chi connectivity index (χ1v) is 6.25. The molecule has 1 aromatic carbocycles. The van der Waals surface area contributed by atoms with Crippen molar-refractivity contribution in [1.82, 2.24) is 0 Å². The van der Waals surface area contributed by atoms with Gasteiger partial charge >= 0.3 is 0 Å². The van der Waals surface area contributed by atoms with Crippen LogP contribution >= 0.6 is 23.2 Å². The zero-order valence-corrected chi connectivity index (χ0v) is 11.0. The highest BCUT2D eigenvalue weighted by atomic mass is 35.5. The number of benzene rings is 1. The fourth-order valence-electron chi connectivity index (χ4n) is 1.34. The monoisotopic (exact) mass is 290 g/mol. The van der Waals surface area contributed by atoms with Gasteiger partial charge in [-0.05, 0) is 25.0 Å². The molecular formula is C11H12Cl2N2O3. The molecule has 0 aliphatic rings. The van der Waals surface area contributed by atoms with Crippen molar-refractivity contribution in [2.45, 2.75) is 19.3 Å². The average molecular weight is 291 g/mol. The van der Waals surface area contributed by atoms with Gasteiger partial charge in [0.25, 0.3) is 5.69 Å². The second-order valence-corrected chi connectivity index (χ2v) is 4.40. The lowest BCUT2D eigenvalue weighted by Gasteiger charge is -2.05. The summed E-state index contributed by atoms with van der Waals surface area (Å²) in [6.45, 7) is 0. The number of rotatable bonds is 6. The number of amides is 1. The molecule has 1 rings (SSSR count). The average Bonchev–Trinajstić information content (AvgIpc) is 2.28.